The summed E-state index contributed by atoms with van der Waals surface area (Å²) in [6.45, 7) is 6.91. The van der Waals surface area contributed by atoms with Crippen LogP contribution in [0.3, 0.4) is 0 Å². The van der Waals surface area contributed by atoms with Gasteiger partial charge in [-0.25, -0.2) is 0 Å². The van der Waals surface area contributed by atoms with Crippen LogP contribution in [0.2, 0.25) is 0 Å². The smallest absolute Gasteiger partial charge is 0.240 e. The van der Waals surface area contributed by atoms with Crippen molar-refractivity contribution in [3.05, 3.63) is 35.9 Å². The maximum atomic E-state index is 12.3. The zero-order valence-electron chi connectivity index (χ0n) is 11.6. The molecule has 0 aliphatic rings. The van der Waals surface area contributed by atoms with E-state index < -0.39 is 6.04 Å². The molecule has 0 aliphatic heterocycles. The summed E-state index contributed by atoms with van der Waals surface area (Å²) in [5.74, 6) is 0.0516. The average Bonchev–Trinajstić information content (AvgIpc) is 2.36. The fraction of sp³-hybridized carbons (Fsp3) is 0.533. The molecule has 1 rings (SSSR count). The maximum absolute atomic E-state index is 12.3. The Bertz CT molecular complexity index is 362. The molecule has 100 valence electrons. The lowest BCUT2D eigenvalue weighted by Gasteiger charge is -2.29. The van der Waals surface area contributed by atoms with Crippen molar-refractivity contribution in [2.24, 2.45) is 5.73 Å². The van der Waals surface area contributed by atoms with Crippen LogP contribution < -0.4 is 5.73 Å². The number of amides is 1. The van der Waals surface area contributed by atoms with Gasteiger partial charge in [-0.2, -0.15) is 0 Å². The lowest BCUT2D eigenvalue weighted by atomic mass is 10.0. The normalized spacial score (nSPS) is 12.5. The third-order valence-electron chi connectivity index (χ3n) is 2.99. The van der Waals surface area contributed by atoms with Crippen molar-refractivity contribution in [3.8, 4) is 0 Å². The van der Waals surface area contributed by atoms with Crippen molar-refractivity contribution in [1.29, 1.82) is 0 Å². The molecule has 1 atom stereocenters. The number of nitrogens with zero attached hydrogens (tertiary/aromatic N) is 1. The van der Waals surface area contributed by atoms with E-state index in [2.05, 4.69) is 6.92 Å². The van der Waals surface area contributed by atoms with Gasteiger partial charge in [-0.05, 0) is 32.3 Å². The van der Waals surface area contributed by atoms with Crippen LogP contribution in [0.5, 0.6) is 0 Å². The first kappa shape index (κ1) is 14.7. The van der Waals surface area contributed by atoms with Crippen LogP contribution in [-0.4, -0.2) is 29.4 Å². The zero-order chi connectivity index (χ0) is 13.5. The molecule has 0 aliphatic carbocycles. The molecule has 1 aromatic carbocycles. The molecule has 0 heterocycles. The highest BCUT2D eigenvalue weighted by molar-refractivity contribution is 5.82. The second kappa shape index (κ2) is 7.17. The molecule has 3 heteroatoms. The first-order valence-electron chi connectivity index (χ1n) is 6.66. The lowest BCUT2D eigenvalue weighted by Crippen LogP contribution is -2.48. The predicted octanol–water partition coefficient (Wildman–Crippen LogP) is 2.20. The first-order valence-corrected chi connectivity index (χ1v) is 6.66. The number of rotatable bonds is 6. The fourth-order valence-electron chi connectivity index (χ4n) is 2.03. The molecular weight excluding hydrogens is 224 g/mol. The van der Waals surface area contributed by atoms with Crippen LogP contribution in [0.25, 0.3) is 0 Å². The summed E-state index contributed by atoms with van der Waals surface area (Å²) >= 11 is 0. The molecule has 0 saturated heterocycles. The number of hydrogen-bond donors (Lipinski definition) is 1. The molecule has 0 unspecified atom stereocenters. The van der Waals surface area contributed by atoms with E-state index in [9.17, 15) is 4.79 Å². The van der Waals surface area contributed by atoms with Crippen molar-refractivity contribution < 1.29 is 4.79 Å². The van der Waals surface area contributed by atoms with Crippen molar-refractivity contribution in [1.82, 2.24) is 4.90 Å². The SMILES string of the molecule is CCCN(C(=O)[C@H](N)Cc1ccccc1)C(C)C. The van der Waals surface area contributed by atoms with Gasteiger partial charge >= 0.3 is 0 Å². The molecule has 0 bridgehead atoms. The van der Waals surface area contributed by atoms with E-state index in [1.54, 1.807) is 0 Å². The summed E-state index contributed by atoms with van der Waals surface area (Å²) in [5, 5.41) is 0. The Kier molecular flexibility index (Phi) is 5.86. The Balaban J connectivity index is 2.65. The summed E-state index contributed by atoms with van der Waals surface area (Å²) < 4.78 is 0. The topological polar surface area (TPSA) is 46.3 Å². The van der Waals surface area contributed by atoms with Crippen molar-refractivity contribution >= 4 is 5.91 Å². The van der Waals surface area contributed by atoms with Gasteiger partial charge in [0.2, 0.25) is 5.91 Å². The van der Waals surface area contributed by atoms with Gasteiger partial charge in [-0.1, -0.05) is 37.3 Å². The Morgan fingerprint density at radius 1 is 1.28 bits per heavy atom. The Hall–Kier alpha value is -1.35. The van der Waals surface area contributed by atoms with E-state index in [4.69, 9.17) is 5.73 Å². The fourth-order valence-corrected chi connectivity index (χ4v) is 2.03. The first-order chi connectivity index (χ1) is 8.56. The quantitative estimate of drug-likeness (QED) is 0.839. The van der Waals surface area contributed by atoms with Crippen LogP contribution in [0.1, 0.15) is 32.8 Å². The third kappa shape index (κ3) is 4.15. The van der Waals surface area contributed by atoms with E-state index >= 15 is 0 Å². The van der Waals surface area contributed by atoms with Gasteiger partial charge in [0.25, 0.3) is 0 Å². The van der Waals surface area contributed by atoms with Gasteiger partial charge in [-0.3, -0.25) is 4.79 Å². The minimum absolute atomic E-state index is 0.0516. The molecule has 1 aromatic rings. The van der Waals surface area contributed by atoms with Crippen LogP contribution in [-0.2, 0) is 11.2 Å². The molecule has 0 saturated carbocycles. The van der Waals surface area contributed by atoms with Gasteiger partial charge in [0.1, 0.15) is 0 Å². The molecule has 0 radical (unpaired) electrons. The second-order valence-electron chi connectivity index (χ2n) is 4.92. The van der Waals surface area contributed by atoms with Gasteiger partial charge in [0.15, 0.2) is 0 Å². The lowest BCUT2D eigenvalue weighted by molar-refractivity contribution is -0.134. The highest BCUT2D eigenvalue weighted by Crippen LogP contribution is 2.07. The summed E-state index contributed by atoms with van der Waals surface area (Å²) in [5.41, 5.74) is 7.14. The number of carbonyl (C=O) groups excluding carboxylic acids is 1. The van der Waals surface area contributed by atoms with E-state index in [-0.39, 0.29) is 11.9 Å². The summed E-state index contributed by atoms with van der Waals surface area (Å²) in [6, 6.07) is 9.69. The Morgan fingerprint density at radius 2 is 1.89 bits per heavy atom. The summed E-state index contributed by atoms with van der Waals surface area (Å²) in [6.07, 6.45) is 1.56. The van der Waals surface area contributed by atoms with E-state index in [1.165, 1.54) is 0 Å². The molecule has 18 heavy (non-hydrogen) atoms. The van der Waals surface area contributed by atoms with Gasteiger partial charge in [0, 0.05) is 12.6 Å². The van der Waals surface area contributed by atoms with Gasteiger partial charge in [0.05, 0.1) is 6.04 Å². The van der Waals surface area contributed by atoms with Gasteiger partial charge in [-0.15, -0.1) is 0 Å². The molecular formula is C15H24N2O. The van der Waals surface area contributed by atoms with E-state index in [1.807, 2.05) is 49.1 Å². The van der Waals surface area contributed by atoms with Gasteiger partial charge < -0.3 is 10.6 Å². The van der Waals surface area contributed by atoms with Crippen LogP contribution >= 0.6 is 0 Å². The average molecular weight is 248 g/mol. The standard InChI is InChI=1S/C15H24N2O/c1-4-10-17(12(2)3)15(18)14(16)11-13-8-6-5-7-9-13/h5-9,12,14H,4,10-11,16H2,1-3H3/t14-/m1/s1. The number of nitrogens with two attached hydrogens (primary N) is 1. The number of benzene rings is 1. The minimum atomic E-state index is -0.443. The highest BCUT2D eigenvalue weighted by Gasteiger charge is 2.22. The number of hydrogen-bond acceptors (Lipinski definition) is 2. The largest absolute Gasteiger partial charge is 0.339 e. The monoisotopic (exact) mass is 248 g/mol. The van der Waals surface area contributed by atoms with Crippen molar-refractivity contribution in [3.63, 3.8) is 0 Å². The summed E-state index contributed by atoms with van der Waals surface area (Å²) in [4.78, 5) is 14.1. The van der Waals surface area contributed by atoms with Crippen molar-refractivity contribution in [2.75, 3.05) is 6.54 Å². The van der Waals surface area contributed by atoms with Crippen molar-refractivity contribution in [2.45, 2.75) is 45.7 Å². The molecule has 2 N–H and O–H groups in total. The molecule has 0 fully saturated rings. The molecule has 3 nitrogen and oxygen atoms in total. The van der Waals surface area contributed by atoms with E-state index in [0.29, 0.717) is 6.42 Å². The minimum Gasteiger partial charge on any atom is -0.339 e. The van der Waals surface area contributed by atoms with Crippen LogP contribution in [0.15, 0.2) is 30.3 Å². The van der Waals surface area contributed by atoms with E-state index in [0.717, 1.165) is 18.5 Å². The Morgan fingerprint density at radius 3 is 2.39 bits per heavy atom. The molecule has 0 aromatic heterocycles. The predicted molar refractivity (Wildman–Crippen MR) is 75.3 cm³/mol. The molecule has 1 amide bonds. The Labute approximate surface area is 110 Å². The summed E-state index contributed by atoms with van der Waals surface area (Å²) in [7, 11) is 0. The second-order valence-corrected chi connectivity index (χ2v) is 4.92. The van der Waals surface area contributed by atoms with Crippen LogP contribution in [0, 0.1) is 0 Å². The third-order valence-corrected chi connectivity index (χ3v) is 2.99. The zero-order valence-corrected chi connectivity index (χ0v) is 11.6. The maximum Gasteiger partial charge on any atom is 0.240 e. The number of carbonyl (C=O) groups is 1. The van der Waals surface area contributed by atoms with Crippen LogP contribution in [0.4, 0.5) is 0 Å². The highest BCUT2D eigenvalue weighted by atomic mass is 16.2. The molecule has 0 spiro atoms.